The maximum absolute atomic E-state index is 13.6. The van der Waals surface area contributed by atoms with Crippen molar-refractivity contribution in [2.75, 3.05) is 11.9 Å². The van der Waals surface area contributed by atoms with E-state index in [-0.39, 0.29) is 36.4 Å². The molecular weight excluding hydrogens is 408 g/mol. The Bertz CT molecular complexity index is 929. The van der Waals surface area contributed by atoms with Gasteiger partial charge in [-0.25, -0.2) is 9.37 Å². The number of nitrogens with one attached hydrogen (secondary N) is 1. The fourth-order valence-electron chi connectivity index (χ4n) is 2.59. The van der Waals surface area contributed by atoms with Gasteiger partial charge >= 0.3 is 6.36 Å². The quantitative estimate of drug-likeness (QED) is 0.363. The fraction of sp³-hybridized carbons (Fsp3) is 0.350. The van der Waals surface area contributed by atoms with Crippen LogP contribution < -0.4 is 14.8 Å². The number of aromatic nitrogens is 1. The van der Waals surface area contributed by atoms with Crippen LogP contribution in [0.4, 0.5) is 23.4 Å². The molecule has 0 atom stereocenters. The Kier molecular flexibility index (Phi) is 6.53. The van der Waals surface area contributed by atoms with Gasteiger partial charge in [0.1, 0.15) is 11.6 Å². The molecule has 1 heterocycles. The number of benzene rings is 1. The van der Waals surface area contributed by atoms with E-state index >= 15 is 0 Å². The first-order chi connectivity index (χ1) is 14.2. The first-order valence-corrected chi connectivity index (χ1v) is 9.19. The van der Waals surface area contributed by atoms with Crippen LogP contribution in [0.5, 0.6) is 11.5 Å². The van der Waals surface area contributed by atoms with E-state index in [9.17, 15) is 27.2 Å². The number of carbonyl (C=O) groups excluding carboxylic acids is 2. The van der Waals surface area contributed by atoms with E-state index in [2.05, 4.69) is 15.0 Å². The topological polar surface area (TPSA) is 77.5 Å². The summed E-state index contributed by atoms with van der Waals surface area (Å²) in [5.41, 5.74) is 0.385. The van der Waals surface area contributed by atoms with Crippen LogP contribution in [0.25, 0.3) is 0 Å². The largest absolute Gasteiger partial charge is 0.573 e. The maximum atomic E-state index is 13.6. The molecule has 6 nitrogen and oxygen atoms in total. The fourth-order valence-corrected chi connectivity index (χ4v) is 2.59. The molecule has 1 N–H and O–H groups in total. The summed E-state index contributed by atoms with van der Waals surface area (Å²) in [4.78, 5) is 28.1. The average Bonchev–Trinajstić information content (AvgIpc) is 3.52. The summed E-state index contributed by atoms with van der Waals surface area (Å²) < 4.78 is 58.8. The van der Waals surface area contributed by atoms with Crippen LogP contribution in [0, 0.1) is 11.7 Å². The molecule has 1 aliphatic rings. The summed E-state index contributed by atoms with van der Waals surface area (Å²) in [6.45, 7) is 0.0566. The molecule has 10 heteroatoms. The van der Waals surface area contributed by atoms with E-state index in [0.29, 0.717) is 17.8 Å². The van der Waals surface area contributed by atoms with Crippen LogP contribution >= 0.6 is 0 Å². The Balaban J connectivity index is 1.45. The lowest BCUT2D eigenvalue weighted by molar-refractivity contribution is -0.275. The van der Waals surface area contributed by atoms with Gasteiger partial charge in [-0.15, -0.1) is 13.2 Å². The van der Waals surface area contributed by atoms with Crippen LogP contribution in [0.15, 0.2) is 36.5 Å². The number of ketones is 1. The molecule has 1 amide bonds. The minimum atomic E-state index is -4.99. The monoisotopic (exact) mass is 426 g/mol. The summed E-state index contributed by atoms with van der Waals surface area (Å²) >= 11 is 0. The van der Waals surface area contributed by atoms with Gasteiger partial charge < -0.3 is 14.8 Å². The highest BCUT2D eigenvalue weighted by molar-refractivity contribution is 5.98. The third-order valence-electron chi connectivity index (χ3n) is 4.23. The molecule has 3 rings (SSSR count). The predicted octanol–water partition coefficient (Wildman–Crippen LogP) is 4.51. The Morgan fingerprint density at radius 2 is 1.93 bits per heavy atom. The molecule has 2 aromatic rings. The SMILES string of the molecule is O=C(CCCOc1ccc(OC(F)(F)F)c(F)c1)c1ccnc(NC(=O)C2CC2)c1. The lowest BCUT2D eigenvalue weighted by atomic mass is 10.1. The van der Waals surface area contributed by atoms with Crippen molar-refractivity contribution in [3.05, 3.63) is 47.9 Å². The Hall–Kier alpha value is -3.17. The van der Waals surface area contributed by atoms with Crippen molar-refractivity contribution < 1.29 is 36.6 Å². The van der Waals surface area contributed by atoms with Gasteiger partial charge in [-0.05, 0) is 43.5 Å². The number of hydrogen-bond acceptors (Lipinski definition) is 5. The average molecular weight is 426 g/mol. The van der Waals surface area contributed by atoms with Crippen molar-refractivity contribution in [1.82, 2.24) is 4.98 Å². The number of hydrogen-bond donors (Lipinski definition) is 1. The second-order valence-electron chi connectivity index (χ2n) is 6.71. The zero-order valence-electron chi connectivity index (χ0n) is 15.7. The summed E-state index contributed by atoms with van der Waals surface area (Å²) in [7, 11) is 0. The summed E-state index contributed by atoms with van der Waals surface area (Å²) in [5, 5.41) is 2.67. The molecule has 0 aliphatic heterocycles. The van der Waals surface area contributed by atoms with Crippen molar-refractivity contribution in [1.29, 1.82) is 0 Å². The van der Waals surface area contributed by atoms with E-state index in [1.807, 2.05) is 0 Å². The number of halogens is 4. The zero-order chi connectivity index (χ0) is 21.7. The molecule has 160 valence electrons. The number of ether oxygens (including phenoxy) is 2. The maximum Gasteiger partial charge on any atom is 0.573 e. The summed E-state index contributed by atoms with van der Waals surface area (Å²) in [6, 6.07) is 5.77. The van der Waals surface area contributed by atoms with Crippen LogP contribution in [0.2, 0.25) is 0 Å². The molecule has 1 aromatic carbocycles. The van der Waals surface area contributed by atoms with E-state index < -0.39 is 17.9 Å². The third kappa shape index (κ3) is 6.43. The van der Waals surface area contributed by atoms with Crippen molar-refractivity contribution in [2.45, 2.75) is 32.0 Å². The number of alkyl halides is 3. The summed E-state index contributed by atoms with van der Waals surface area (Å²) in [6.07, 6.45) is -1.43. The highest BCUT2D eigenvalue weighted by Gasteiger charge is 2.32. The van der Waals surface area contributed by atoms with Gasteiger partial charge in [0.15, 0.2) is 17.3 Å². The minimum absolute atomic E-state index is 0.0160. The molecule has 1 fully saturated rings. The predicted molar refractivity (Wildman–Crippen MR) is 97.7 cm³/mol. The normalized spacial score (nSPS) is 13.6. The Morgan fingerprint density at radius 3 is 2.60 bits per heavy atom. The highest BCUT2D eigenvalue weighted by Crippen LogP contribution is 2.30. The smallest absolute Gasteiger partial charge is 0.493 e. The Labute approximate surface area is 169 Å². The van der Waals surface area contributed by atoms with Crippen molar-refractivity contribution in [3.8, 4) is 11.5 Å². The molecule has 0 saturated heterocycles. The molecule has 1 saturated carbocycles. The molecule has 1 aliphatic carbocycles. The zero-order valence-corrected chi connectivity index (χ0v) is 15.7. The molecule has 30 heavy (non-hydrogen) atoms. The van der Waals surface area contributed by atoms with Gasteiger partial charge in [0.2, 0.25) is 5.91 Å². The number of amides is 1. The van der Waals surface area contributed by atoms with Gasteiger partial charge in [0.25, 0.3) is 0 Å². The van der Waals surface area contributed by atoms with Crippen LogP contribution in [0.3, 0.4) is 0 Å². The molecular formula is C20H18F4N2O4. The van der Waals surface area contributed by atoms with Crippen molar-refractivity contribution in [3.63, 3.8) is 0 Å². The van der Waals surface area contributed by atoms with E-state index in [4.69, 9.17) is 4.74 Å². The first-order valence-electron chi connectivity index (χ1n) is 9.19. The molecule has 0 unspecified atom stereocenters. The van der Waals surface area contributed by atoms with E-state index in [1.165, 1.54) is 18.3 Å². The number of Topliss-reactive ketones (excluding diaryl/α,β-unsaturated/α-hetero) is 1. The lowest BCUT2D eigenvalue weighted by Gasteiger charge is -2.11. The minimum Gasteiger partial charge on any atom is -0.493 e. The lowest BCUT2D eigenvalue weighted by Crippen LogP contribution is -2.17. The standard InChI is InChI=1S/C20H18F4N2O4/c21-15-11-14(5-6-17(15)30-20(22,23)24)29-9-1-2-16(27)13-7-8-25-18(10-13)26-19(28)12-3-4-12/h5-8,10-12H,1-4,9H2,(H,25,26,28). The van der Waals surface area contributed by atoms with Crippen molar-refractivity contribution in [2.24, 2.45) is 5.92 Å². The summed E-state index contributed by atoms with van der Waals surface area (Å²) in [5.74, 6) is -2.12. The van der Waals surface area contributed by atoms with Gasteiger partial charge in [-0.1, -0.05) is 0 Å². The molecule has 0 radical (unpaired) electrons. The van der Waals surface area contributed by atoms with E-state index in [1.54, 1.807) is 0 Å². The second-order valence-corrected chi connectivity index (χ2v) is 6.71. The van der Waals surface area contributed by atoms with Gasteiger partial charge in [-0.2, -0.15) is 0 Å². The van der Waals surface area contributed by atoms with Crippen LogP contribution in [-0.4, -0.2) is 29.6 Å². The highest BCUT2D eigenvalue weighted by atomic mass is 19.4. The van der Waals surface area contributed by atoms with Gasteiger partial charge in [-0.3, -0.25) is 9.59 Å². The van der Waals surface area contributed by atoms with Gasteiger partial charge in [0.05, 0.1) is 6.61 Å². The number of rotatable bonds is 9. The van der Waals surface area contributed by atoms with Gasteiger partial charge in [0, 0.05) is 30.2 Å². The third-order valence-corrected chi connectivity index (χ3v) is 4.23. The molecule has 0 spiro atoms. The van der Waals surface area contributed by atoms with Crippen LogP contribution in [0.1, 0.15) is 36.0 Å². The first kappa shape index (κ1) is 21.5. The van der Waals surface area contributed by atoms with Crippen LogP contribution in [-0.2, 0) is 4.79 Å². The van der Waals surface area contributed by atoms with Crippen molar-refractivity contribution >= 4 is 17.5 Å². The second kappa shape index (κ2) is 9.10. The Morgan fingerprint density at radius 1 is 1.17 bits per heavy atom. The number of pyridine rings is 1. The number of nitrogens with zero attached hydrogens (tertiary/aromatic N) is 1. The molecule has 1 aromatic heterocycles. The van der Waals surface area contributed by atoms with E-state index in [0.717, 1.165) is 31.0 Å². The molecule has 0 bridgehead atoms. The number of carbonyl (C=O) groups is 2. The number of anilines is 1.